The molecular weight excluding hydrogens is 373 g/mol. The predicted octanol–water partition coefficient (Wildman–Crippen LogP) is 4.55. The molecule has 0 unspecified atom stereocenters. The van der Waals surface area contributed by atoms with Crippen LogP contribution in [-0.2, 0) is 0 Å². The SMILES string of the molecule is Cc1nc(Br)cc(Oc2cc(Cl)c(Cl)cc2[N+](=O)[O-])n1. The Labute approximate surface area is 132 Å². The first-order valence-corrected chi connectivity index (χ1v) is 6.74. The monoisotopic (exact) mass is 377 g/mol. The van der Waals surface area contributed by atoms with E-state index in [2.05, 4.69) is 25.9 Å². The minimum atomic E-state index is -0.610. The van der Waals surface area contributed by atoms with Crippen molar-refractivity contribution in [1.29, 1.82) is 0 Å². The third kappa shape index (κ3) is 3.36. The maximum absolute atomic E-state index is 11.0. The number of aromatic nitrogens is 2. The summed E-state index contributed by atoms with van der Waals surface area (Å²) >= 11 is 14.8. The van der Waals surface area contributed by atoms with Gasteiger partial charge in [-0.1, -0.05) is 23.2 Å². The van der Waals surface area contributed by atoms with Gasteiger partial charge in [0.2, 0.25) is 11.6 Å². The van der Waals surface area contributed by atoms with Gasteiger partial charge in [0, 0.05) is 18.2 Å². The summed E-state index contributed by atoms with van der Waals surface area (Å²) in [4.78, 5) is 18.4. The highest BCUT2D eigenvalue weighted by atomic mass is 79.9. The number of nitro benzene ring substituents is 1. The fourth-order valence-electron chi connectivity index (χ4n) is 1.41. The summed E-state index contributed by atoms with van der Waals surface area (Å²) in [7, 11) is 0. The highest BCUT2D eigenvalue weighted by Crippen LogP contribution is 2.37. The lowest BCUT2D eigenvalue weighted by atomic mass is 10.3. The summed E-state index contributed by atoms with van der Waals surface area (Å²) in [5.41, 5.74) is -0.299. The molecule has 0 fully saturated rings. The van der Waals surface area contributed by atoms with E-state index in [1.54, 1.807) is 6.92 Å². The molecule has 1 aromatic heterocycles. The van der Waals surface area contributed by atoms with E-state index in [9.17, 15) is 10.1 Å². The quantitative estimate of drug-likeness (QED) is 0.444. The molecule has 1 aromatic carbocycles. The van der Waals surface area contributed by atoms with Crippen LogP contribution >= 0.6 is 39.1 Å². The number of nitro groups is 1. The molecule has 0 amide bonds. The smallest absolute Gasteiger partial charge is 0.313 e. The Morgan fingerprint density at radius 3 is 2.50 bits per heavy atom. The van der Waals surface area contributed by atoms with Gasteiger partial charge >= 0.3 is 5.69 Å². The second-order valence-electron chi connectivity index (χ2n) is 3.67. The molecule has 0 saturated heterocycles. The van der Waals surface area contributed by atoms with Crippen LogP contribution in [0.5, 0.6) is 11.6 Å². The molecule has 0 aliphatic carbocycles. The zero-order valence-electron chi connectivity index (χ0n) is 9.93. The van der Waals surface area contributed by atoms with Gasteiger partial charge < -0.3 is 4.74 Å². The molecule has 2 aromatic rings. The van der Waals surface area contributed by atoms with Crippen molar-refractivity contribution in [1.82, 2.24) is 9.97 Å². The van der Waals surface area contributed by atoms with Crippen LogP contribution in [0, 0.1) is 17.0 Å². The standard InChI is InChI=1S/C11H6BrCl2N3O3/c1-5-15-10(12)4-11(16-5)20-9-3-7(14)6(13)2-8(9)17(18)19/h2-4H,1H3. The molecule has 104 valence electrons. The summed E-state index contributed by atoms with van der Waals surface area (Å²) in [6.07, 6.45) is 0. The van der Waals surface area contributed by atoms with Crippen molar-refractivity contribution in [2.75, 3.05) is 0 Å². The number of halogens is 3. The average molecular weight is 379 g/mol. The molecular formula is C11H6BrCl2N3O3. The van der Waals surface area contributed by atoms with Gasteiger partial charge in [-0.15, -0.1) is 0 Å². The van der Waals surface area contributed by atoms with Crippen LogP contribution in [0.1, 0.15) is 5.82 Å². The van der Waals surface area contributed by atoms with E-state index in [0.29, 0.717) is 10.4 Å². The van der Waals surface area contributed by atoms with Crippen LogP contribution in [-0.4, -0.2) is 14.9 Å². The zero-order valence-corrected chi connectivity index (χ0v) is 13.0. The first kappa shape index (κ1) is 15.0. The molecule has 0 saturated carbocycles. The van der Waals surface area contributed by atoms with Crippen LogP contribution in [0.4, 0.5) is 5.69 Å². The molecule has 0 aliphatic rings. The van der Waals surface area contributed by atoms with E-state index in [0.717, 1.165) is 6.07 Å². The van der Waals surface area contributed by atoms with Gasteiger partial charge in [-0.2, -0.15) is 4.98 Å². The molecule has 6 nitrogen and oxygen atoms in total. The number of aryl methyl sites for hydroxylation is 1. The van der Waals surface area contributed by atoms with Crippen LogP contribution < -0.4 is 4.74 Å². The first-order chi connectivity index (χ1) is 9.36. The molecule has 0 radical (unpaired) electrons. The predicted molar refractivity (Wildman–Crippen MR) is 77.7 cm³/mol. The summed E-state index contributed by atoms with van der Waals surface area (Å²) in [6.45, 7) is 1.67. The van der Waals surface area contributed by atoms with Crippen molar-refractivity contribution >= 4 is 44.8 Å². The third-order valence-corrected chi connectivity index (χ3v) is 3.32. The van der Waals surface area contributed by atoms with Crippen LogP contribution in [0.2, 0.25) is 10.0 Å². The molecule has 0 aliphatic heterocycles. The molecule has 20 heavy (non-hydrogen) atoms. The van der Waals surface area contributed by atoms with Crippen molar-refractivity contribution in [3.05, 3.63) is 48.8 Å². The van der Waals surface area contributed by atoms with Crippen LogP contribution in [0.25, 0.3) is 0 Å². The molecule has 9 heteroatoms. The summed E-state index contributed by atoms with van der Waals surface area (Å²) in [5.74, 6) is 0.567. The Balaban J connectivity index is 2.47. The molecule has 2 rings (SSSR count). The maximum Gasteiger partial charge on any atom is 0.313 e. The maximum atomic E-state index is 11.0. The largest absolute Gasteiger partial charge is 0.432 e. The molecule has 0 atom stereocenters. The van der Waals surface area contributed by atoms with E-state index >= 15 is 0 Å². The fourth-order valence-corrected chi connectivity index (χ4v) is 2.18. The number of benzene rings is 1. The number of nitrogens with zero attached hydrogens (tertiary/aromatic N) is 3. The lowest BCUT2D eigenvalue weighted by Crippen LogP contribution is -1.97. The first-order valence-electron chi connectivity index (χ1n) is 5.19. The van der Waals surface area contributed by atoms with Gasteiger partial charge in [0.25, 0.3) is 0 Å². The normalized spacial score (nSPS) is 10.4. The van der Waals surface area contributed by atoms with E-state index < -0.39 is 4.92 Å². The van der Waals surface area contributed by atoms with Gasteiger partial charge in [0.1, 0.15) is 10.4 Å². The Morgan fingerprint density at radius 1 is 1.25 bits per heavy atom. The van der Waals surface area contributed by atoms with E-state index in [4.69, 9.17) is 27.9 Å². The highest BCUT2D eigenvalue weighted by Gasteiger charge is 2.19. The fraction of sp³-hybridized carbons (Fsp3) is 0.0909. The minimum Gasteiger partial charge on any atom is -0.432 e. The van der Waals surface area contributed by atoms with Gasteiger partial charge in [-0.05, 0) is 22.9 Å². The topological polar surface area (TPSA) is 78.2 Å². The third-order valence-electron chi connectivity index (χ3n) is 2.20. The Hall–Kier alpha value is -1.44. The number of ether oxygens (including phenoxy) is 1. The summed E-state index contributed by atoms with van der Waals surface area (Å²) in [5, 5.41) is 11.2. The summed E-state index contributed by atoms with van der Waals surface area (Å²) < 4.78 is 5.90. The van der Waals surface area contributed by atoms with E-state index in [-0.39, 0.29) is 27.4 Å². The second kappa shape index (κ2) is 5.90. The van der Waals surface area contributed by atoms with Crippen molar-refractivity contribution in [2.24, 2.45) is 0 Å². The van der Waals surface area contributed by atoms with E-state index in [1.807, 2.05) is 0 Å². The van der Waals surface area contributed by atoms with Gasteiger partial charge in [-0.25, -0.2) is 4.98 Å². The number of hydrogen-bond acceptors (Lipinski definition) is 5. The van der Waals surface area contributed by atoms with Crippen LogP contribution in [0.15, 0.2) is 22.8 Å². The summed E-state index contributed by atoms with van der Waals surface area (Å²) in [6, 6.07) is 3.88. The van der Waals surface area contributed by atoms with Gasteiger partial charge in [0.05, 0.1) is 15.0 Å². The average Bonchev–Trinajstić information content (AvgIpc) is 2.31. The van der Waals surface area contributed by atoms with Crippen LogP contribution in [0.3, 0.4) is 0 Å². The number of hydrogen-bond donors (Lipinski definition) is 0. The Morgan fingerprint density at radius 2 is 1.90 bits per heavy atom. The lowest BCUT2D eigenvalue weighted by molar-refractivity contribution is -0.385. The zero-order chi connectivity index (χ0) is 14.9. The minimum absolute atomic E-state index is 0.0469. The van der Waals surface area contributed by atoms with Crippen molar-refractivity contribution < 1.29 is 9.66 Å². The lowest BCUT2D eigenvalue weighted by Gasteiger charge is -2.07. The Kier molecular flexibility index (Phi) is 4.42. The van der Waals surface area contributed by atoms with Crippen molar-refractivity contribution in [3.63, 3.8) is 0 Å². The molecule has 0 bridgehead atoms. The second-order valence-corrected chi connectivity index (χ2v) is 5.30. The highest BCUT2D eigenvalue weighted by molar-refractivity contribution is 9.10. The van der Waals surface area contributed by atoms with Gasteiger partial charge in [-0.3, -0.25) is 10.1 Å². The molecule has 0 spiro atoms. The van der Waals surface area contributed by atoms with Crippen molar-refractivity contribution in [3.8, 4) is 11.6 Å². The molecule has 0 N–H and O–H groups in total. The number of rotatable bonds is 3. The van der Waals surface area contributed by atoms with Gasteiger partial charge in [0.15, 0.2) is 0 Å². The van der Waals surface area contributed by atoms with E-state index in [1.165, 1.54) is 12.1 Å². The molecule has 1 heterocycles. The van der Waals surface area contributed by atoms with Crippen molar-refractivity contribution in [2.45, 2.75) is 6.92 Å². The Bertz CT molecular complexity index is 677.